The highest BCUT2D eigenvalue weighted by Gasteiger charge is 2.31. The Bertz CT molecular complexity index is 638. The molecule has 2 N–H and O–H groups in total. The molecule has 2 atom stereocenters. The molecule has 2 heterocycles. The van der Waals surface area contributed by atoms with E-state index in [2.05, 4.69) is 0 Å². The molecule has 0 saturated carbocycles. The van der Waals surface area contributed by atoms with Crippen LogP contribution in [0.5, 0.6) is 0 Å². The molecule has 0 spiro atoms. The first-order valence-electron chi connectivity index (χ1n) is 7.30. The average Bonchev–Trinajstić information content (AvgIpc) is 2.96. The number of likely N-dealkylation sites (tertiary alicyclic amines) is 1. The van der Waals surface area contributed by atoms with E-state index in [0.29, 0.717) is 18.0 Å². The summed E-state index contributed by atoms with van der Waals surface area (Å²) in [5, 5.41) is 1.65. The fourth-order valence-corrected chi connectivity index (χ4v) is 4.88. The Morgan fingerprint density at radius 3 is 2.77 bits per heavy atom. The molecule has 1 aliphatic rings. The van der Waals surface area contributed by atoms with E-state index < -0.39 is 10.0 Å². The van der Waals surface area contributed by atoms with Crippen LogP contribution in [0.3, 0.4) is 0 Å². The van der Waals surface area contributed by atoms with Crippen LogP contribution in [0.1, 0.15) is 29.4 Å². The third-order valence-electron chi connectivity index (χ3n) is 4.07. The summed E-state index contributed by atoms with van der Waals surface area (Å²) in [5.74, 6) is 0.0624. The first-order valence-corrected chi connectivity index (χ1v) is 9.62. The molecule has 0 aromatic carbocycles. The number of amides is 1. The number of nitrogens with two attached hydrogens (primary N) is 1. The Hall–Kier alpha value is -0.960. The number of carbonyl (C=O) groups excluding carboxylic acids is 1. The van der Waals surface area contributed by atoms with Crippen molar-refractivity contribution in [1.29, 1.82) is 0 Å². The molecular weight excluding hydrogens is 322 g/mol. The van der Waals surface area contributed by atoms with Crippen molar-refractivity contribution in [2.45, 2.75) is 30.7 Å². The maximum Gasteiger partial charge on any atom is 0.265 e. The van der Waals surface area contributed by atoms with Gasteiger partial charge in [0.25, 0.3) is 5.91 Å². The van der Waals surface area contributed by atoms with Crippen molar-refractivity contribution < 1.29 is 13.2 Å². The second kappa shape index (κ2) is 6.66. The predicted molar refractivity (Wildman–Crippen MR) is 87.5 cm³/mol. The van der Waals surface area contributed by atoms with Gasteiger partial charge >= 0.3 is 0 Å². The van der Waals surface area contributed by atoms with E-state index >= 15 is 0 Å². The lowest BCUT2D eigenvalue weighted by molar-refractivity contribution is 0.0662. The molecule has 2 unspecified atom stereocenters. The van der Waals surface area contributed by atoms with Crippen LogP contribution in [0.15, 0.2) is 16.3 Å². The number of carbonyl (C=O) groups is 1. The lowest BCUT2D eigenvalue weighted by Gasteiger charge is -2.34. The predicted octanol–water partition coefficient (Wildman–Crippen LogP) is 1.20. The zero-order valence-corrected chi connectivity index (χ0v) is 14.8. The molecule has 0 radical (unpaired) electrons. The molecular formula is C14H23N3O3S2. The molecule has 1 aromatic rings. The maximum atomic E-state index is 12.7. The molecule has 124 valence electrons. The number of thiophene rings is 1. The lowest BCUT2D eigenvalue weighted by Crippen LogP contribution is -2.45. The zero-order chi connectivity index (χ0) is 16.5. The Kier molecular flexibility index (Phi) is 5.26. The highest BCUT2D eigenvalue weighted by Crippen LogP contribution is 2.28. The SMILES string of the molecule is CC(N)C1CCCN(C(=O)c2sccc2S(=O)(=O)N(C)C)C1. The average molecular weight is 345 g/mol. The van der Waals surface area contributed by atoms with Crippen LogP contribution in [0, 0.1) is 5.92 Å². The topological polar surface area (TPSA) is 83.7 Å². The summed E-state index contributed by atoms with van der Waals surface area (Å²) < 4.78 is 25.8. The number of sulfonamides is 1. The van der Waals surface area contributed by atoms with Gasteiger partial charge in [-0.1, -0.05) is 0 Å². The van der Waals surface area contributed by atoms with Gasteiger partial charge in [0.2, 0.25) is 10.0 Å². The van der Waals surface area contributed by atoms with Gasteiger partial charge in [-0.15, -0.1) is 11.3 Å². The summed E-state index contributed by atoms with van der Waals surface area (Å²) >= 11 is 1.18. The van der Waals surface area contributed by atoms with Crippen molar-refractivity contribution in [3.05, 3.63) is 16.3 Å². The van der Waals surface area contributed by atoms with Gasteiger partial charge in [0, 0.05) is 33.2 Å². The van der Waals surface area contributed by atoms with Crippen LogP contribution >= 0.6 is 11.3 Å². The summed E-state index contributed by atoms with van der Waals surface area (Å²) in [6.07, 6.45) is 1.91. The molecule has 22 heavy (non-hydrogen) atoms. The van der Waals surface area contributed by atoms with Gasteiger partial charge in [-0.05, 0) is 37.1 Å². The van der Waals surface area contributed by atoms with E-state index in [9.17, 15) is 13.2 Å². The van der Waals surface area contributed by atoms with Gasteiger partial charge in [-0.3, -0.25) is 4.79 Å². The molecule has 1 aromatic heterocycles. The summed E-state index contributed by atoms with van der Waals surface area (Å²) in [6.45, 7) is 3.20. The number of piperidine rings is 1. The lowest BCUT2D eigenvalue weighted by atomic mass is 9.92. The van der Waals surface area contributed by atoms with Crippen molar-refractivity contribution >= 4 is 27.3 Å². The molecule has 0 bridgehead atoms. The Morgan fingerprint density at radius 2 is 2.18 bits per heavy atom. The van der Waals surface area contributed by atoms with Crippen LogP contribution in [0.4, 0.5) is 0 Å². The van der Waals surface area contributed by atoms with E-state index in [0.717, 1.165) is 17.1 Å². The van der Waals surface area contributed by atoms with Gasteiger partial charge in [0.15, 0.2) is 0 Å². The number of hydrogen-bond donors (Lipinski definition) is 1. The van der Waals surface area contributed by atoms with Crippen molar-refractivity contribution in [1.82, 2.24) is 9.21 Å². The summed E-state index contributed by atoms with van der Waals surface area (Å²) in [4.78, 5) is 14.8. The Labute approximate surface area is 135 Å². The largest absolute Gasteiger partial charge is 0.338 e. The highest BCUT2D eigenvalue weighted by molar-refractivity contribution is 7.89. The Morgan fingerprint density at radius 1 is 1.50 bits per heavy atom. The maximum absolute atomic E-state index is 12.7. The fraction of sp³-hybridized carbons (Fsp3) is 0.643. The quantitative estimate of drug-likeness (QED) is 0.889. The fourth-order valence-electron chi connectivity index (χ4n) is 2.62. The molecule has 6 nitrogen and oxygen atoms in total. The number of nitrogens with zero attached hydrogens (tertiary/aromatic N) is 2. The number of hydrogen-bond acceptors (Lipinski definition) is 5. The second-order valence-corrected chi connectivity index (χ2v) is 8.95. The third kappa shape index (κ3) is 3.34. The first-order chi connectivity index (χ1) is 10.2. The molecule has 1 aliphatic heterocycles. The number of rotatable bonds is 4. The molecule has 1 amide bonds. The van der Waals surface area contributed by atoms with Gasteiger partial charge in [0.1, 0.15) is 9.77 Å². The summed E-state index contributed by atoms with van der Waals surface area (Å²) in [7, 11) is -0.673. The first kappa shape index (κ1) is 17.4. The van der Waals surface area contributed by atoms with Crippen LogP contribution in [0.2, 0.25) is 0 Å². The van der Waals surface area contributed by atoms with Crippen LogP contribution in [-0.4, -0.2) is 56.8 Å². The van der Waals surface area contributed by atoms with Gasteiger partial charge in [-0.25, -0.2) is 12.7 Å². The molecule has 2 rings (SSSR count). The zero-order valence-electron chi connectivity index (χ0n) is 13.2. The standard InChI is InChI=1S/C14H23N3O3S2/c1-10(15)11-5-4-7-17(9-11)14(18)13-12(6-8-21-13)22(19,20)16(2)3/h6,8,10-11H,4-5,7,9,15H2,1-3H3. The molecule has 1 saturated heterocycles. The summed E-state index contributed by atoms with van der Waals surface area (Å²) in [5.41, 5.74) is 5.95. The van der Waals surface area contributed by atoms with E-state index in [1.807, 2.05) is 6.92 Å². The van der Waals surface area contributed by atoms with Gasteiger partial charge in [0.05, 0.1) is 0 Å². The van der Waals surface area contributed by atoms with Crippen molar-refractivity contribution in [2.75, 3.05) is 27.2 Å². The third-order valence-corrected chi connectivity index (χ3v) is 6.96. The minimum Gasteiger partial charge on any atom is -0.338 e. The van der Waals surface area contributed by atoms with E-state index in [1.165, 1.54) is 31.5 Å². The minimum absolute atomic E-state index is 0.0314. The molecule has 1 fully saturated rings. The minimum atomic E-state index is -3.61. The highest BCUT2D eigenvalue weighted by atomic mass is 32.2. The van der Waals surface area contributed by atoms with E-state index in [4.69, 9.17) is 5.73 Å². The van der Waals surface area contributed by atoms with Crippen molar-refractivity contribution in [3.8, 4) is 0 Å². The summed E-state index contributed by atoms with van der Waals surface area (Å²) in [6, 6.07) is 1.53. The van der Waals surface area contributed by atoms with Crippen molar-refractivity contribution in [3.63, 3.8) is 0 Å². The van der Waals surface area contributed by atoms with Gasteiger partial charge in [-0.2, -0.15) is 0 Å². The molecule has 8 heteroatoms. The normalized spacial score (nSPS) is 21.1. The monoisotopic (exact) mass is 345 g/mol. The smallest absolute Gasteiger partial charge is 0.265 e. The van der Waals surface area contributed by atoms with Crippen molar-refractivity contribution in [2.24, 2.45) is 11.7 Å². The van der Waals surface area contributed by atoms with Gasteiger partial charge < -0.3 is 10.6 Å². The van der Waals surface area contributed by atoms with Crippen LogP contribution < -0.4 is 5.73 Å². The van der Waals surface area contributed by atoms with Crippen LogP contribution in [-0.2, 0) is 10.0 Å². The van der Waals surface area contributed by atoms with Crippen LogP contribution in [0.25, 0.3) is 0 Å². The Balaban J connectivity index is 2.26. The second-order valence-electron chi connectivity index (χ2n) is 5.91. The molecule has 0 aliphatic carbocycles. The van der Waals surface area contributed by atoms with E-state index in [-0.39, 0.29) is 22.8 Å². The van der Waals surface area contributed by atoms with E-state index in [1.54, 1.807) is 10.3 Å².